The molecular formula is C15H19F2NO. The number of fused-ring (bicyclic) bond motifs is 1. The molecule has 1 aromatic rings. The summed E-state index contributed by atoms with van der Waals surface area (Å²) in [4.78, 5) is 0. The Morgan fingerprint density at radius 2 is 2.11 bits per heavy atom. The molecule has 104 valence electrons. The molecule has 1 aromatic carbocycles. The molecule has 0 aromatic heterocycles. The summed E-state index contributed by atoms with van der Waals surface area (Å²) in [7, 11) is 0. The highest BCUT2D eigenvalue weighted by molar-refractivity contribution is 5.20. The Kier molecular flexibility index (Phi) is 3.54. The maximum atomic E-state index is 13.2. The number of halogens is 2. The Bertz CT molecular complexity index is 465. The van der Waals surface area contributed by atoms with Crippen molar-refractivity contribution in [1.29, 1.82) is 0 Å². The fourth-order valence-electron chi connectivity index (χ4n) is 3.66. The van der Waals surface area contributed by atoms with Gasteiger partial charge in [0.25, 0.3) is 0 Å². The minimum Gasteiger partial charge on any atom is -0.388 e. The van der Waals surface area contributed by atoms with Crippen LogP contribution in [0.1, 0.15) is 37.4 Å². The van der Waals surface area contributed by atoms with Crippen LogP contribution in [-0.4, -0.2) is 17.7 Å². The number of nitrogens with one attached hydrogen (secondary N) is 1. The van der Waals surface area contributed by atoms with Gasteiger partial charge in [-0.3, -0.25) is 0 Å². The molecule has 4 unspecified atom stereocenters. The minimum atomic E-state index is -0.894. The van der Waals surface area contributed by atoms with E-state index < -0.39 is 17.7 Å². The average Bonchev–Trinajstić information content (AvgIpc) is 2.97. The van der Waals surface area contributed by atoms with Gasteiger partial charge in [-0.2, -0.15) is 0 Å². The molecule has 19 heavy (non-hydrogen) atoms. The summed E-state index contributed by atoms with van der Waals surface area (Å²) in [5.74, 6) is -0.387. The summed E-state index contributed by atoms with van der Waals surface area (Å²) in [5.41, 5.74) is 0.460. The lowest BCUT2D eigenvalue weighted by atomic mass is 9.89. The molecule has 0 bridgehead atoms. The highest BCUT2D eigenvalue weighted by atomic mass is 19.2. The number of benzene rings is 1. The largest absolute Gasteiger partial charge is 0.388 e. The van der Waals surface area contributed by atoms with Gasteiger partial charge in [0, 0.05) is 6.04 Å². The first-order valence-corrected chi connectivity index (χ1v) is 7.01. The summed E-state index contributed by atoms with van der Waals surface area (Å²) in [6.07, 6.45) is 3.61. The molecule has 1 saturated heterocycles. The van der Waals surface area contributed by atoms with E-state index in [-0.39, 0.29) is 0 Å². The molecule has 4 atom stereocenters. The van der Waals surface area contributed by atoms with E-state index in [1.807, 2.05) is 0 Å². The monoisotopic (exact) mass is 267 g/mol. The van der Waals surface area contributed by atoms with E-state index >= 15 is 0 Å². The standard InChI is InChI=1S/C15H19F2NO/c16-12-5-4-9(6-13(12)17)15(19)7-14-11-3-1-2-10(11)8-18-14/h4-6,10-11,14-15,18-19H,1-3,7-8H2. The van der Waals surface area contributed by atoms with E-state index in [4.69, 9.17) is 0 Å². The van der Waals surface area contributed by atoms with Crippen molar-refractivity contribution in [2.24, 2.45) is 11.8 Å². The number of aliphatic hydroxyl groups excluding tert-OH is 1. The third-order valence-corrected chi connectivity index (χ3v) is 4.68. The van der Waals surface area contributed by atoms with Crippen LogP contribution in [0.3, 0.4) is 0 Å². The normalized spacial score (nSPS) is 31.4. The molecule has 0 spiro atoms. The molecule has 2 nitrogen and oxygen atoms in total. The minimum absolute atomic E-state index is 0.301. The van der Waals surface area contributed by atoms with Crippen molar-refractivity contribution in [3.05, 3.63) is 35.4 Å². The number of rotatable bonds is 3. The fraction of sp³-hybridized carbons (Fsp3) is 0.600. The number of hydrogen-bond donors (Lipinski definition) is 2. The molecule has 1 saturated carbocycles. The first-order valence-electron chi connectivity index (χ1n) is 7.01. The zero-order valence-corrected chi connectivity index (χ0v) is 10.8. The quantitative estimate of drug-likeness (QED) is 0.882. The van der Waals surface area contributed by atoms with Gasteiger partial charge in [-0.15, -0.1) is 0 Å². The van der Waals surface area contributed by atoms with Crippen LogP contribution in [0.25, 0.3) is 0 Å². The second-order valence-corrected chi connectivity index (χ2v) is 5.79. The summed E-state index contributed by atoms with van der Waals surface area (Å²) >= 11 is 0. The van der Waals surface area contributed by atoms with Gasteiger partial charge in [0.05, 0.1) is 6.10 Å². The molecule has 2 fully saturated rings. The molecule has 1 aliphatic heterocycles. The van der Waals surface area contributed by atoms with Crippen LogP contribution in [0.5, 0.6) is 0 Å². The Labute approximate surface area is 111 Å². The highest BCUT2D eigenvalue weighted by Crippen LogP contribution is 2.40. The number of aliphatic hydroxyl groups is 1. The third-order valence-electron chi connectivity index (χ3n) is 4.68. The third kappa shape index (κ3) is 2.51. The molecule has 0 amide bonds. The van der Waals surface area contributed by atoms with Crippen molar-refractivity contribution < 1.29 is 13.9 Å². The molecule has 2 aliphatic rings. The second-order valence-electron chi connectivity index (χ2n) is 5.79. The van der Waals surface area contributed by atoms with Crippen LogP contribution < -0.4 is 5.32 Å². The van der Waals surface area contributed by atoms with Gasteiger partial charge >= 0.3 is 0 Å². The van der Waals surface area contributed by atoms with E-state index in [0.29, 0.717) is 23.9 Å². The van der Waals surface area contributed by atoms with Crippen molar-refractivity contribution in [1.82, 2.24) is 5.32 Å². The summed E-state index contributed by atoms with van der Waals surface area (Å²) in [6, 6.07) is 3.94. The van der Waals surface area contributed by atoms with Gasteiger partial charge in [-0.25, -0.2) is 8.78 Å². The summed E-state index contributed by atoms with van der Waals surface area (Å²) < 4.78 is 26.0. The lowest BCUT2D eigenvalue weighted by molar-refractivity contribution is 0.144. The van der Waals surface area contributed by atoms with Gasteiger partial charge < -0.3 is 10.4 Å². The van der Waals surface area contributed by atoms with Crippen LogP contribution in [-0.2, 0) is 0 Å². The van der Waals surface area contributed by atoms with Crippen LogP contribution in [0.4, 0.5) is 8.78 Å². The van der Waals surface area contributed by atoms with E-state index in [2.05, 4.69) is 5.32 Å². The van der Waals surface area contributed by atoms with E-state index in [0.717, 1.165) is 24.6 Å². The molecule has 4 heteroatoms. The SMILES string of the molecule is OC(CC1NCC2CCCC21)c1ccc(F)c(F)c1. The van der Waals surface area contributed by atoms with Gasteiger partial charge in [0.1, 0.15) is 0 Å². The first kappa shape index (κ1) is 13.0. The Hall–Kier alpha value is -1.00. The van der Waals surface area contributed by atoms with Crippen molar-refractivity contribution in [2.75, 3.05) is 6.54 Å². The molecule has 0 radical (unpaired) electrons. The zero-order chi connectivity index (χ0) is 13.4. The second kappa shape index (κ2) is 5.17. The topological polar surface area (TPSA) is 32.3 Å². The van der Waals surface area contributed by atoms with Crippen LogP contribution >= 0.6 is 0 Å². The average molecular weight is 267 g/mol. The molecule has 3 rings (SSSR count). The van der Waals surface area contributed by atoms with E-state index in [9.17, 15) is 13.9 Å². The maximum Gasteiger partial charge on any atom is 0.159 e. The highest BCUT2D eigenvalue weighted by Gasteiger charge is 2.39. The predicted octanol–water partition coefficient (Wildman–Crippen LogP) is 2.78. The van der Waals surface area contributed by atoms with Crippen LogP contribution in [0, 0.1) is 23.5 Å². The van der Waals surface area contributed by atoms with Gasteiger partial charge in [0.2, 0.25) is 0 Å². The molecule has 1 aliphatic carbocycles. The van der Waals surface area contributed by atoms with Gasteiger partial charge in [-0.05, 0) is 55.3 Å². The Balaban J connectivity index is 1.67. The summed E-state index contributed by atoms with van der Waals surface area (Å²) in [6.45, 7) is 1.03. The zero-order valence-electron chi connectivity index (χ0n) is 10.8. The maximum absolute atomic E-state index is 13.2. The number of hydrogen-bond acceptors (Lipinski definition) is 2. The summed E-state index contributed by atoms with van der Waals surface area (Å²) in [5, 5.41) is 13.6. The van der Waals surface area contributed by atoms with Crippen molar-refractivity contribution in [3.63, 3.8) is 0 Å². The van der Waals surface area contributed by atoms with Gasteiger partial charge in [-0.1, -0.05) is 12.5 Å². The van der Waals surface area contributed by atoms with Crippen molar-refractivity contribution in [3.8, 4) is 0 Å². The van der Waals surface area contributed by atoms with E-state index in [1.165, 1.54) is 25.3 Å². The van der Waals surface area contributed by atoms with Crippen molar-refractivity contribution in [2.45, 2.75) is 37.8 Å². The predicted molar refractivity (Wildman–Crippen MR) is 68.6 cm³/mol. The first-order chi connectivity index (χ1) is 9.15. The Morgan fingerprint density at radius 1 is 1.26 bits per heavy atom. The van der Waals surface area contributed by atoms with E-state index in [1.54, 1.807) is 0 Å². The lowest BCUT2D eigenvalue weighted by Gasteiger charge is -2.21. The van der Waals surface area contributed by atoms with Crippen molar-refractivity contribution >= 4 is 0 Å². The molecular weight excluding hydrogens is 248 g/mol. The van der Waals surface area contributed by atoms with Crippen LogP contribution in [0.15, 0.2) is 18.2 Å². The molecule has 1 heterocycles. The Morgan fingerprint density at radius 3 is 2.89 bits per heavy atom. The lowest BCUT2D eigenvalue weighted by Crippen LogP contribution is -2.28. The van der Waals surface area contributed by atoms with Gasteiger partial charge in [0.15, 0.2) is 11.6 Å². The smallest absolute Gasteiger partial charge is 0.159 e. The van der Waals surface area contributed by atoms with Crippen LogP contribution in [0.2, 0.25) is 0 Å². The fourth-order valence-corrected chi connectivity index (χ4v) is 3.66. The molecule has 2 N–H and O–H groups in total.